The highest BCUT2D eigenvalue weighted by molar-refractivity contribution is 7.88. The normalized spacial score (nSPS) is 17.7. The topological polar surface area (TPSA) is 83.0 Å². The van der Waals surface area contributed by atoms with E-state index in [1.54, 1.807) is 7.11 Å². The van der Waals surface area contributed by atoms with Crippen LogP contribution in [0, 0.1) is 5.41 Å². The lowest BCUT2D eigenvalue weighted by Gasteiger charge is -2.27. The number of rotatable bonds is 12. The van der Waals surface area contributed by atoms with Crippen molar-refractivity contribution in [3.8, 4) is 0 Å². The van der Waals surface area contributed by atoms with Crippen LogP contribution in [0.5, 0.6) is 0 Å². The number of guanidine groups is 1. The minimum Gasteiger partial charge on any atom is -0.385 e. The van der Waals surface area contributed by atoms with E-state index in [4.69, 9.17) is 9.73 Å². The summed E-state index contributed by atoms with van der Waals surface area (Å²) in [6.07, 6.45) is 8.07. The second-order valence-corrected chi connectivity index (χ2v) is 9.16. The van der Waals surface area contributed by atoms with Crippen molar-refractivity contribution in [2.75, 3.05) is 52.7 Å². The lowest BCUT2D eigenvalue weighted by atomic mass is 9.83. The SMILES string of the molecule is CCNC(=NCC1(CCOC)CCCC1)NCCCN(CC)S(C)(=O)=O. The third-order valence-corrected chi connectivity index (χ3v) is 6.49. The summed E-state index contributed by atoms with van der Waals surface area (Å²) < 4.78 is 30.0. The van der Waals surface area contributed by atoms with E-state index < -0.39 is 10.0 Å². The Morgan fingerprint density at radius 3 is 2.46 bits per heavy atom. The third kappa shape index (κ3) is 8.22. The van der Waals surface area contributed by atoms with E-state index in [2.05, 4.69) is 17.6 Å². The molecule has 0 aromatic carbocycles. The van der Waals surface area contributed by atoms with E-state index >= 15 is 0 Å². The average Bonchev–Trinajstić information content (AvgIpc) is 3.06. The molecule has 1 rings (SSSR count). The van der Waals surface area contributed by atoms with Crippen LogP contribution >= 0.6 is 0 Å². The van der Waals surface area contributed by atoms with E-state index in [1.807, 2.05) is 6.92 Å². The summed E-state index contributed by atoms with van der Waals surface area (Å²) in [7, 11) is -1.36. The van der Waals surface area contributed by atoms with E-state index in [-0.39, 0.29) is 5.41 Å². The number of ether oxygens (including phenoxy) is 1. The van der Waals surface area contributed by atoms with E-state index in [9.17, 15) is 8.42 Å². The highest BCUT2D eigenvalue weighted by Crippen LogP contribution is 2.41. The number of hydrogen-bond donors (Lipinski definition) is 2. The molecule has 1 aliphatic rings. The first-order chi connectivity index (χ1) is 12.4. The monoisotopic (exact) mass is 390 g/mol. The Hall–Kier alpha value is -0.860. The van der Waals surface area contributed by atoms with Gasteiger partial charge in [0.1, 0.15) is 0 Å². The molecule has 0 atom stereocenters. The van der Waals surface area contributed by atoms with Gasteiger partial charge in [0.2, 0.25) is 10.0 Å². The predicted octanol–water partition coefficient (Wildman–Crippen LogP) is 1.81. The maximum Gasteiger partial charge on any atom is 0.211 e. The van der Waals surface area contributed by atoms with Gasteiger partial charge in [-0.25, -0.2) is 12.7 Å². The molecular weight excluding hydrogens is 352 g/mol. The summed E-state index contributed by atoms with van der Waals surface area (Å²) in [4.78, 5) is 4.81. The molecule has 0 unspecified atom stereocenters. The predicted molar refractivity (Wildman–Crippen MR) is 108 cm³/mol. The van der Waals surface area contributed by atoms with Crippen LogP contribution in [0.25, 0.3) is 0 Å². The van der Waals surface area contributed by atoms with Crippen molar-refractivity contribution in [3.63, 3.8) is 0 Å². The molecule has 7 nitrogen and oxygen atoms in total. The zero-order chi connectivity index (χ0) is 19.5. The second-order valence-electron chi connectivity index (χ2n) is 7.18. The number of nitrogens with zero attached hydrogens (tertiary/aromatic N) is 2. The molecular formula is C18H38N4O3S. The van der Waals surface area contributed by atoms with Crippen molar-refractivity contribution in [1.29, 1.82) is 0 Å². The Balaban J connectivity index is 2.52. The van der Waals surface area contributed by atoms with Gasteiger partial charge < -0.3 is 15.4 Å². The number of aliphatic imine (C=N–C) groups is 1. The Bertz CT molecular complexity index is 517. The molecule has 0 aromatic heterocycles. The summed E-state index contributed by atoms with van der Waals surface area (Å²) >= 11 is 0. The molecule has 0 spiro atoms. The molecule has 1 fully saturated rings. The first kappa shape index (κ1) is 23.2. The number of nitrogens with one attached hydrogen (secondary N) is 2. The van der Waals surface area contributed by atoms with Crippen LogP contribution in [0.15, 0.2) is 4.99 Å². The molecule has 0 bridgehead atoms. The zero-order valence-corrected chi connectivity index (χ0v) is 17.8. The molecule has 26 heavy (non-hydrogen) atoms. The summed E-state index contributed by atoms with van der Waals surface area (Å²) in [6, 6.07) is 0. The maximum atomic E-state index is 11.6. The van der Waals surface area contributed by atoms with Crippen molar-refractivity contribution < 1.29 is 13.2 Å². The fraction of sp³-hybridized carbons (Fsp3) is 0.944. The first-order valence-corrected chi connectivity index (χ1v) is 11.7. The molecule has 8 heteroatoms. The molecule has 0 saturated heterocycles. The lowest BCUT2D eigenvalue weighted by molar-refractivity contribution is 0.141. The van der Waals surface area contributed by atoms with Gasteiger partial charge in [0, 0.05) is 46.4 Å². The molecule has 0 amide bonds. The average molecular weight is 391 g/mol. The standard InChI is InChI=1S/C18H38N4O3S/c1-5-19-17(20-13-9-14-22(6-2)26(4,23)24)21-16-18(12-15-25-3)10-7-8-11-18/h5-16H2,1-4H3,(H2,19,20,21). The molecule has 154 valence electrons. The van der Waals surface area contributed by atoms with Crippen molar-refractivity contribution in [1.82, 2.24) is 14.9 Å². The van der Waals surface area contributed by atoms with E-state index in [1.165, 1.54) is 36.2 Å². The van der Waals surface area contributed by atoms with Crippen LogP contribution in [0.1, 0.15) is 52.4 Å². The Morgan fingerprint density at radius 1 is 1.23 bits per heavy atom. The van der Waals surface area contributed by atoms with Crippen LogP contribution in [0.3, 0.4) is 0 Å². The van der Waals surface area contributed by atoms with Gasteiger partial charge in [0.15, 0.2) is 5.96 Å². The van der Waals surface area contributed by atoms with Gasteiger partial charge in [0.25, 0.3) is 0 Å². The zero-order valence-electron chi connectivity index (χ0n) is 17.0. The van der Waals surface area contributed by atoms with E-state index in [0.29, 0.717) is 19.6 Å². The number of hydrogen-bond acceptors (Lipinski definition) is 4. The smallest absolute Gasteiger partial charge is 0.211 e. The van der Waals surface area contributed by atoms with Gasteiger partial charge >= 0.3 is 0 Å². The molecule has 0 heterocycles. The van der Waals surface area contributed by atoms with Gasteiger partial charge in [-0.05, 0) is 38.0 Å². The summed E-state index contributed by atoms with van der Waals surface area (Å²) in [5.74, 6) is 0.818. The van der Waals surface area contributed by atoms with Gasteiger partial charge in [-0.15, -0.1) is 0 Å². The van der Waals surface area contributed by atoms with Crippen LogP contribution in [-0.4, -0.2) is 71.4 Å². The third-order valence-electron chi connectivity index (χ3n) is 5.12. The van der Waals surface area contributed by atoms with Gasteiger partial charge in [-0.2, -0.15) is 0 Å². The molecule has 0 radical (unpaired) electrons. The Morgan fingerprint density at radius 2 is 1.92 bits per heavy atom. The van der Waals surface area contributed by atoms with E-state index in [0.717, 1.165) is 38.5 Å². The molecule has 1 saturated carbocycles. The van der Waals surface area contributed by atoms with Crippen molar-refractivity contribution in [2.24, 2.45) is 10.4 Å². The van der Waals surface area contributed by atoms with Crippen molar-refractivity contribution in [2.45, 2.75) is 52.4 Å². The largest absolute Gasteiger partial charge is 0.385 e. The minimum atomic E-state index is -3.12. The summed E-state index contributed by atoms with van der Waals surface area (Å²) in [5, 5.41) is 6.62. The Labute approximate surface area is 160 Å². The molecule has 0 aliphatic heterocycles. The van der Waals surface area contributed by atoms with Crippen LogP contribution in [-0.2, 0) is 14.8 Å². The number of sulfonamides is 1. The maximum absolute atomic E-state index is 11.6. The molecule has 2 N–H and O–H groups in total. The van der Waals surface area contributed by atoms with Crippen LogP contribution in [0.2, 0.25) is 0 Å². The quantitative estimate of drug-likeness (QED) is 0.302. The first-order valence-electron chi connectivity index (χ1n) is 9.83. The number of methoxy groups -OCH3 is 1. The lowest BCUT2D eigenvalue weighted by Crippen LogP contribution is -2.40. The van der Waals surface area contributed by atoms with Crippen molar-refractivity contribution >= 4 is 16.0 Å². The van der Waals surface area contributed by atoms with Gasteiger partial charge in [-0.3, -0.25) is 4.99 Å². The minimum absolute atomic E-state index is 0.271. The molecule has 0 aromatic rings. The fourth-order valence-corrected chi connectivity index (χ4v) is 4.47. The second kappa shape index (κ2) is 11.8. The summed E-state index contributed by atoms with van der Waals surface area (Å²) in [6.45, 7) is 8.06. The van der Waals surface area contributed by atoms with Crippen LogP contribution < -0.4 is 10.6 Å². The van der Waals surface area contributed by atoms with Crippen LogP contribution in [0.4, 0.5) is 0 Å². The molecule has 1 aliphatic carbocycles. The fourth-order valence-electron chi connectivity index (χ4n) is 3.54. The highest BCUT2D eigenvalue weighted by Gasteiger charge is 2.33. The van der Waals surface area contributed by atoms with Crippen molar-refractivity contribution in [3.05, 3.63) is 0 Å². The highest BCUT2D eigenvalue weighted by atomic mass is 32.2. The Kier molecular flexibility index (Phi) is 10.5. The van der Waals surface area contributed by atoms with Gasteiger partial charge in [0.05, 0.1) is 6.26 Å². The van der Waals surface area contributed by atoms with Gasteiger partial charge in [-0.1, -0.05) is 19.8 Å². The summed E-state index contributed by atoms with van der Waals surface area (Å²) in [5.41, 5.74) is 0.271.